The van der Waals surface area contributed by atoms with E-state index in [4.69, 9.17) is 5.73 Å². The number of fused-ring (bicyclic) bond motifs is 1. The fourth-order valence-electron chi connectivity index (χ4n) is 2.28. The van der Waals surface area contributed by atoms with Crippen LogP contribution >= 0.6 is 15.9 Å². The highest BCUT2D eigenvalue weighted by Gasteiger charge is 2.13. The molecule has 2 aromatic carbocycles. The number of aromatic nitrogens is 1. The SMILES string of the molecule is NC(c1ccc(Br)c(F)c1)c1cccc2ncccc12. The second kappa shape index (κ2) is 5.31. The van der Waals surface area contributed by atoms with E-state index in [0.29, 0.717) is 4.47 Å². The molecule has 0 aliphatic carbocycles. The van der Waals surface area contributed by atoms with Crippen LogP contribution in [0.5, 0.6) is 0 Å². The van der Waals surface area contributed by atoms with Gasteiger partial charge in [0.2, 0.25) is 0 Å². The minimum absolute atomic E-state index is 0.309. The summed E-state index contributed by atoms with van der Waals surface area (Å²) in [5.74, 6) is -0.309. The number of halogens is 2. The number of benzene rings is 2. The summed E-state index contributed by atoms with van der Waals surface area (Å²) in [6, 6.07) is 14.2. The molecule has 0 radical (unpaired) electrons. The lowest BCUT2D eigenvalue weighted by Crippen LogP contribution is -2.12. The molecule has 3 rings (SSSR count). The van der Waals surface area contributed by atoms with E-state index < -0.39 is 0 Å². The van der Waals surface area contributed by atoms with E-state index in [-0.39, 0.29) is 11.9 Å². The maximum Gasteiger partial charge on any atom is 0.137 e. The van der Waals surface area contributed by atoms with Crippen LogP contribution in [-0.2, 0) is 0 Å². The molecule has 0 bridgehead atoms. The number of pyridine rings is 1. The van der Waals surface area contributed by atoms with Crippen molar-refractivity contribution in [2.45, 2.75) is 6.04 Å². The molecule has 3 aromatic rings. The molecule has 0 aliphatic rings. The topological polar surface area (TPSA) is 38.9 Å². The van der Waals surface area contributed by atoms with Crippen molar-refractivity contribution in [3.05, 3.63) is 76.1 Å². The molecule has 1 unspecified atom stereocenters. The predicted molar refractivity (Wildman–Crippen MR) is 81.9 cm³/mol. The zero-order chi connectivity index (χ0) is 14.1. The van der Waals surface area contributed by atoms with Gasteiger partial charge in [-0.1, -0.05) is 24.3 Å². The van der Waals surface area contributed by atoms with Crippen LogP contribution in [0.15, 0.2) is 59.2 Å². The van der Waals surface area contributed by atoms with Gasteiger partial charge in [0.05, 0.1) is 16.0 Å². The lowest BCUT2D eigenvalue weighted by Gasteiger charge is -2.15. The molecule has 0 fully saturated rings. The van der Waals surface area contributed by atoms with Gasteiger partial charge in [0.15, 0.2) is 0 Å². The van der Waals surface area contributed by atoms with Crippen molar-refractivity contribution in [3.8, 4) is 0 Å². The fraction of sp³-hybridized carbons (Fsp3) is 0.0625. The van der Waals surface area contributed by atoms with Crippen LogP contribution in [0.2, 0.25) is 0 Å². The maximum absolute atomic E-state index is 13.7. The summed E-state index contributed by atoms with van der Waals surface area (Å²) >= 11 is 3.15. The van der Waals surface area contributed by atoms with Gasteiger partial charge in [-0.2, -0.15) is 0 Å². The van der Waals surface area contributed by atoms with Crippen molar-refractivity contribution < 1.29 is 4.39 Å². The molecule has 1 atom stereocenters. The van der Waals surface area contributed by atoms with Crippen LogP contribution in [0.4, 0.5) is 4.39 Å². The van der Waals surface area contributed by atoms with Gasteiger partial charge in [0.1, 0.15) is 5.82 Å². The summed E-state index contributed by atoms with van der Waals surface area (Å²) in [6.45, 7) is 0. The van der Waals surface area contributed by atoms with Crippen LogP contribution in [0.1, 0.15) is 17.2 Å². The Morgan fingerprint density at radius 3 is 2.75 bits per heavy atom. The third kappa shape index (κ3) is 2.32. The Labute approximate surface area is 124 Å². The van der Waals surface area contributed by atoms with Crippen LogP contribution in [0.25, 0.3) is 10.9 Å². The Balaban J connectivity index is 2.12. The van der Waals surface area contributed by atoms with Gasteiger partial charge >= 0.3 is 0 Å². The number of nitrogens with two attached hydrogens (primary N) is 1. The Kier molecular flexibility index (Phi) is 3.51. The lowest BCUT2D eigenvalue weighted by atomic mass is 9.96. The summed E-state index contributed by atoms with van der Waals surface area (Å²) < 4.78 is 14.1. The molecular weight excluding hydrogens is 319 g/mol. The highest BCUT2D eigenvalue weighted by molar-refractivity contribution is 9.10. The molecule has 2 N–H and O–H groups in total. The van der Waals surface area contributed by atoms with Gasteiger partial charge in [-0.05, 0) is 51.3 Å². The van der Waals surface area contributed by atoms with E-state index in [0.717, 1.165) is 22.0 Å². The second-order valence-corrected chi connectivity index (χ2v) is 5.42. The largest absolute Gasteiger partial charge is 0.320 e. The molecule has 0 aliphatic heterocycles. The molecule has 4 heteroatoms. The second-order valence-electron chi connectivity index (χ2n) is 4.57. The molecule has 20 heavy (non-hydrogen) atoms. The average Bonchev–Trinajstić information content (AvgIpc) is 2.49. The monoisotopic (exact) mass is 330 g/mol. The lowest BCUT2D eigenvalue weighted by molar-refractivity contribution is 0.617. The van der Waals surface area contributed by atoms with Crippen LogP contribution in [-0.4, -0.2) is 4.98 Å². The Morgan fingerprint density at radius 1 is 1.10 bits per heavy atom. The van der Waals surface area contributed by atoms with Crippen molar-refractivity contribution in [2.24, 2.45) is 5.73 Å². The zero-order valence-corrected chi connectivity index (χ0v) is 12.1. The molecule has 0 saturated carbocycles. The van der Waals surface area contributed by atoms with Crippen molar-refractivity contribution in [1.29, 1.82) is 0 Å². The van der Waals surface area contributed by atoms with Gasteiger partial charge in [0, 0.05) is 11.6 Å². The van der Waals surface area contributed by atoms with Crippen LogP contribution in [0, 0.1) is 5.82 Å². The van der Waals surface area contributed by atoms with Gasteiger partial charge in [0.25, 0.3) is 0 Å². The summed E-state index contributed by atoms with van der Waals surface area (Å²) in [7, 11) is 0. The van der Waals surface area contributed by atoms with Crippen LogP contribution in [0.3, 0.4) is 0 Å². The summed E-state index contributed by atoms with van der Waals surface area (Å²) in [4.78, 5) is 4.31. The summed E-state index contributed by atoms with van der Waals surface area (Å²) in [5.41, 5.74) is 8.86. The van der Waals surface area contributed by atoms with E-state index in [1.54, 1.807) is 12.3 Å². The van der Waals surface area contributed by atoms with E-state index in [9.17, 15) is 4.39 Å². The molecule has 2 nitrogen and oxygen atoms in total. The number of rotatable bonds is 2. The minimum atomic E-state index is -0.384. The van der Waals surface area contributed by atoms with Gasteiger partial charge in [-0.3, -0.25) is 4.98 Å². The van der Waals surface area contributed by atoms with Crippen LogP contribution < -0.4 is 5.73 Å². The molecular formula is C16H12BrFN2. The predicted octanol–water partition coefficient (Wildman–Crippen LogP) is 4.18. The first-order valence-corrected chi connectivity index (χ1v) is 7.00. The first-order valence-electron chi connectivity index (χ1n) is 6.21. The Hall–Kier alpha value is -1.78. The molecule has 1 aromatic heterocycles. The number of nitrogens with zero attached hydrogens (tertiary/aromatic N) is 1. The average molecular weight is 331 g/mol. The Morgan fingerprint density at radius 2 is 1.95 bits per heavy atom. The van der Waals surface area contributed by atoms with E-state index in [2.05, 4.69) is 20.9 Å². The molecule has 0 spiro atoms. The van der Waals surface area contributed by atoms with E-state index >= 15 is 0 Å². The molecule has 1 heterocycles. The van der Waals surface area contributed by atoms with Crippen molar-refractivity contribution in [1.82, 2.24) is 4.98 Å². The summed E-state index contributed by atoms with van der Waals surface area (Å²) in [5, 5.41) is 0.992. The smallest absolute Gasteiger partial charge is 0.137 e. The maximum atomic E-state index is 13.7. The minimum Gasteiger partial charge on any atom is -0.320 e. The zero-order valence-electron chi connectivity index (χ0n) is 10.6. The Bertz CT molecular complexity index is 768. The number of hydrogen-bond donors (Lipinski definition) is 1. The summed E-state index contributed by atoms with van der Waals surface area (Å²) in [6.07, 6.45) is 1.75. The number of hydrogen-bond acceptors (Lipinski definition) is 2. The fourth-order valence-corrected chi connectivity index (χ4v) is 2.53. The molecule has 0 saturated heterocycles. The van der Waals surface area contributed by atoms with Crippen molar-refractivity contribution in [3.63, 3.8) is 0 Å². The van der Waals surface area contributed by atoms with Gasteiger partial charge < -0.3 is 5.73 Å². The quantitative estimate of drug-likeness (QED) is 0.765. The first kappa shape index (κ1) is 13.2. The highest BCUT2D eigenvalue weighted by atomic mass is 79.9. The van der Waals surface area contributed by atoms with Crippen molar-refractivity contribution >= 4 is 26.8 Å². The standard InChI is InChI=1S/C16H12BrFN2/c17-13-7-6-10(9-14(13)18)16(19)12-3-1-5-15-11(12)4-2-8-20-15/h1-9,16H,19H2. The van der Waals surface area contributed by atoms with E-state index in [1.807, 2.05) is 36.4 Å². The first-order chi connectivity index (χ1) is 9.66. The normalized spacial score (nSPS) is 12.6. The van der Waals surface area contributed by atoms with Gasteiger partial charge in [-0.25, -0.2) is 4.39 Å². The highest BCUT2D eigenvalue weighted by Crippen LogP contribution is 2.28. The molecule has 100 valence electrons. The van der Waals surface area contributed by atoms with Crippen molar-refractivity contribution in [2.75, 3.05) is 0 Å². The third-order valence-corrected chi connectivity index (χ3v) is 3.96. The molecule has 0 amide bonds. The van der Waals surface area contributed by atoms with E-state index in [1.165, 1.54) is 6.07 Å². The third-order valence-electron chi connectivity index (χ3n) is 3.32. The van der Waals surface area contributed by atoms with Gasteiger partial charge in [-0.15, -0.1) is 0 Å².